The molecule has 2 heterocycles. The van der Waals surface area contributed by atoms with Crippen LogP contribution < -0.4 is 21.2 Å². The predicted octanol–water partition coefficient (Wildman–Crippen LogP) is 3.77. The summed E-state index contributed by atoms with van der Waals surface area (Å²) in [5.41, 5.74) is 8.97. The number of aromatic nitrogens is 1. The van der Waals surface area contributed by atoms with Gasteiger partial charge in [0.15, 0.2) is 5.75 Å². The topological polar surface area (TPSA) is 117 Å². The Morgan fingerprint density at radius 2 is 2.12 bits per heavy atom. The molecule has 0 saturated heterocycles. The molecule has 5 rings (SSSR count). The predicted molar refractivity (Wildman–Crippen MR) is 126 cm³/mol. The zero-order valence-electron chi connectivity index (χ0n) is 18.0. The molecule has 0 amide bonds. The van der Waals surface area contributed by atoms with Crippen molar-refractivity contribution in [2.24, 2.45) is 5.73 Å². The zero-order valence-corrected chi connectivity index (χ0v) is 18.8. The Morgan fingerprint density at radius 1 is 1.31 bits per heavy atom. The lowest BCUT2D eigenvalue weighted by atomic mass is 9.92. The third-order valence-electron chi connectivity index (χ3n) is 6.51. The van der Waals surface area contributed by atoms with E-state index in [1.807, 2.05) is 6.07 Å². The first-order chi connectivity index (χ1) is 15.5. The third kappa shape index (κ3) is 3.52. The van der Waals surface area contributed by atoms with Crippen LogP contribution in [0.3, 0.4) is 0 Å². The van der Waals surface area contributed by atoms with Gasteiger partial charge in [0.1, 0.15) is 5.56 Å². The van der Waals surface area contributed by atoms with Crippen molar-refractivity contribution in [3.05, 3.63) is 50.1 Å². The highest BCUT2D eigenvalue weighted by molar-refractivity contribution is 7.15. The van der Waals surface area contributed by atoms with Crippen molar-refractivity contribution in [3.8, 4) is 16.2 Å². The van der Waals surface area contributed by atoms with Crippen LogP contribution in [0, 0.1) is 0 Å². The van der Waals surface area contributed by atoms with Gasteiger partial charge in [0.2, 0.25) is 5.43 Å². The van der Waals surface area contributed by atoms with Gasteiger partial charge in [0.05, 0.1) is 18.0 Å². The highest BCUT2D eigenvalue weighted by Crippen LogP contribution is 2.52. The van der Waals surface area contributed by atoms with Crippen molar-refractivity contribution in [1.82, 2.24) is 10.3 Å². The van der Waals surface area contributed by atoms with Crippen molar-refractivity contribution < 1.29 is 14.6 Å². The van der Waals surface area contributed by atoms with Gasteiger partial charge in [-0.1, -0.05) is 0 Å². The third-order valence-corrected chi connectivity index (χ3v) is 7.74. The van der Waals surface area contributed by atoms with Crippen molar-refractivity contribution in [1.29, 1.82) is 0 Å². The van der Waals surface area contributed by atoms with E-state index >= 15 is 0 Å². The SMILES string of the molecule is COc1c(-c2cc3c(s2)CCCC3NCCN)c(C2CC2)cc2c(=O)c(C(=O)O)c[nH]c12. The number of thiophene rings is 1. The van der Waals surface area contributed by atoms with Gasteiger partial charge < -0.3 is 25.9 Å². The molecule has 1 aromatic carbocycles. The molecule has 1 unspecified atom stereocenters. The number of methoxy groups -OCH3 is 1. The monoisotopic (exact) mass is 453 g/mol. The summed E-state index contributed by atoms with van der Waals surface area (Å²) in [4.78, 5) is 30.0. The first kappa shape index (κ1) is 21.2. The number of nitrogens with one attached hydrogen (secondary N) is 2. The minimum Gasteiger partial charge on any atom is -0.494 e. The molecule has 7 nitrogen and oxygen atoms in total. The van der Waals surface area contributed by atoms with Crippen LogP contribution in [0.5, 0.6) is 5.75 Å². The van der Waals surface area contributed by atoms with Gasteiger partial charge in [-0.3, -0.25) is 4.79 Å². The second kappa shape index (κ2) is 8.35. The Bertz CT molecular complexity index is 1260. The van der Waals surface area contributed by atoms with Gasteiger partial charge in [-0.05, 0) is 61.3 Å². The van der Waals surface area contributed by atoms with Crippen LogP contribution in [0.2, 0.25) is 0 Å². The number of ether oxygens (including phenoxy) is 1. The number of H-pyrrole nitrogens is 1. The number of fused-ring (bicyclic) bond motifs is 2. The van der Waals surface area contributed by atoms with E-state index in [1.165, 1.54) is 16.6 Å². The largest absolute Gasteiger partial charge is 0.494 e. The molecule has 8 heteroatoms. The molecule has 2 aromatic heterocycles. The molecule has 1 fully saturated rings. The number of carbonyl (C=O) groups is 1. The fourth-order valence-electron chi connectivity index (χ4n) is 4.84. The van der Waals surface area contributed by atoms with E-state index in [0.717, 1.165) is 54.7 Å². The molecule has 168 valence electrons. The van der Waals surface area contributed by atoms with E-state index < -0.39 is 11.4 Å². The number of rotatable bonds is 7. The van der Waals surface area contributed by atoms with Crippen LogP contribution >= 0.6 is 11.3 Å². The molecule has 2 aliphatic carbocycles. The van der Waals surface area contributed by atoms with Crippen molar-refractivity contribution in [2.45, 2.75) is 44.1 Å². The summed E-state index contributed by atoms with van der Waals surface area (Å²) in [5.74, 6) is -0.254. The second-order valence-electron chi connectivity index (χ2n) is 8.58. The number of carboxylic acid groups (broad SMARTS) is 1. The molecule has 5 N–H and O–H groups in total. The molecule has 2 aliphatic rings. The molecule has 1 atom stereocenters. The number of nitrogens with two attached hydrogens (primary N) is 1. The second-order valence-corrected chi connectivity index (χ2v) is 9.72. The lowest BCUT2D eigenvalue weighted by Gasteiger charge is -2.23. The van der Waals surface area contributed by atoms with Crippen molar-refractivity contribution >= 4 is 28.2 Å². The van der Waals surface area contributed by atoms with Crippen LogP contribution in [0.1, 0.15) is 64.0 Å². The van der Waals surface area contributed by atoms with Crippen LogP contribution in [0.4, 0.5) is 0 Å². The molecule has 0 aliphatic heterocycles. The summed E-state index contributed by atoms with van der Waals surface area (Å²) in [7, 11) is 1.61. The van der Waals surface area contributed by atoms with Gasteiger partial charge in [0.25, 0.3) is 0 Å². The highest BCUT2D eigenvalue weighted by Gasteiger charge is 2.32. The van der Waals surface area contributed by atoms with Crippen LogP contribution in [0.25, 0.3) is 21.3 Å². The summed E-state index contributed by atoms with van der Waals surface area (Å²) in [6.07, 6.45) is 6.69. The fourth-order valence-corrected chi connectivity index (χ4v) is 6.17. The van der Waals surface area contributed by atoms with Crippen molar-refractivity contribution in [3.63, 3.8) is 0 Å². The lowest BCUT2D eigenvalue weighted by molar-refractivity contribution is 0.0695. The smallest absolute Gasteiger partial charge is 0.341 e. The average molecular weight is 454 g/mol. The van der Waals surface area contributed by atoms with Gasteiger partial charge in [-0.25, -0.2) is 4.79 Å². The summed E-state index contributed by atoms with van der Waals surface area (Å²) >= 11 is 1.80. The van der Waals surface area contributed by atoms with Gasteiger partial charge in [0, 0.05) is 40.6 Å². The maximum atomic E-state index is 12.9. The van der Waals surface area contributed by atoms with Crippen LogP contribution in [0.15, 0.2) is 23.1 Å². The zero-order chi connectivity index (χ0) is 22.4. The lowest BCUT2D eigenvalue weighted by Crippen LogP contribution is -2.29. The molecular weight excluding hydrogens is 426 g/mol. The maximum Gasteiger partial charge on any atom is 0.341 e. The summed E-state index contributed by atoms with van der Waals surface area (Å²) in [5, 5.41) is 13.3. The molecule has 0 bridgehead atoms. The Kier molecular flexibility index (Phi) is 5.53. The average Bonchev–Trinajstić information content (AvgIpc) is 3.54. The molecule has 1 saturated carbocycles. The normalized spacial score (nSPS) is 18.0. The number of carboxylic acids is 1. The van der Waals surface area contributed by atoms with Gasteiger partial charge >= 0.3 is 5.97 Å². The summed E-state index contributed by atoms with van der Waals surface area (Å²) in [6.45, 7) is 1.40. The van der Waals surface area contributed by atoms with E-state index in [2.05, 4.69) is 16.4 Å². The standard InChI is InChI=1S/C24H27N3O4S/c1-31-23-20(19-10-14-17(26-8-7-25)3-2-4-18(14)32-19)13(12-5-6-12)9-15-21(23)27-11-16(22(15)28)24(29)30/h9-12,17,26H,2-8,25H2,1H3,(H,27,28)(H,29,30). The molecule has 0 spiro atoms. The van der Waals surface area contributed by atoms with Gasteiger partial charge in [-0.2, -0.15) is 0 Å². The molecule has 32 heavy (non-hydrogen) atoms. The number of hydrogen-bond donors (Lipinski definition) is 4. The van der Waals surface area contributed by atoms with Crippen LogP contribution in [-0.2, 0) is 6.42 Å². The van der Waals surface area contributed by atoms with E-state index in [4.69, 9.17) is 10.5 Å². The summed E-state index contributed by atoms with van der Waals surface area (Å²) in [6, 6.07) is 4.46. The van der Waals surface area contributed by atoms with Crippen LogP contribution in [-0.4, -0.2) is 36.3 Å². The van der Waals surface area contributed by atoms with Crippen molar-refractivity contribution in [2.75, 3.05) is 20.2 Å². The number of aromatic amines is 1. The number of hydrogen-bond acceptors (Lipinski definition) is 6. The Hall–Kier alpha value is -2.68. The first-order valence-corrected chi connectivity index (χ1v) is 11.9. The number of aromatic carboxylic acids is 1. The molecular formula is C24H27N3O4S. The quantitative estimate of drug-likeness (QED) is 0.433. The van der Waals surface area contributed by atoms with Gasteiger partial charge in [-0.15, -0.1) is 11.3 Å². The maximum absolute atomic E-state index is 12.9. The minimum atomic E-state index is -1.23. The number of pyridine rings is 1. The molecule has 3 aromatic rings. The van der Waals surface area contributed by atoms with E-state index in [-0.39, 0.29) is 5.56 Å². The highest BCUT2D eigenvalue weighted by atomic mass is 32.1. The molecule has 0 radical (unpaired) electrons. The Balaban J connectivity index is 1.72. The minimum absolute atomic E-state index is 0.255. The Morgan fingerprint density at radius 3 is 2.81 bits per heavy atom. The Labute approximate surface area is 189 Å². The summed E-state index contributed by atoms with van der Waals surface area (Å²) < 4.78 is 5.87. The fraction of sp³-hybridized carbons (Fsp3) is 0.417. The van der Waals surface area contributed by atoms with E-state index in [1.54, 1.807) is 18.4 Å². The first-order valence-electron chi connectivity index (χ1n) is 11.1. The number of benzene rings is 1. The van der Waals surface area contributed by atoms with E-state index in [9.17, 15) is 14.7 Å². The number of aryl methyl sites for hydroxylation is 1. The van der Waals surface area contributed by atoms with E-state index in [0.29, 0.717) is 35.2 Å².